The number of aromatic nitrogens is 1. The van der Waals surface area contributed by atoms with E-state index in [1.165, 1.54) is 0 Å². The maximum absolute atomic E-state index is 11.6. The molecular formula is C24H24N4O3. The minimum absolute atomic E-state index is 0.213. The van der Waals surface area contributed by atoms with Gasteiger partial charge in [-0.15, -0.1) is 0 Å². The first-order chi connectivity index (χ1) is 15.0. The Bertz CT molecular complexity index is 1180. The Morgan fingerprint density at radius 3 is 2.71 bits per heavy atom. The Hall–Kier alpha value is -3.63. The van der Waals surface area contributed by atoms with Gasteiger partial charge in [0.1, 0.15) is 5.82 Å². The SMILES string of the molecule is Cc1ccc([C@@H](C)Nc2ccccc2C(=O)O)c2nc(N3CCOCC3)cc(C#N)c12. The molecule has 7 heteroatoms. The van der Waals surface area contributed by atoms with E-state index in [9.17, 15) is 15.2 Å². The van der Waals surface area contributed by atoms with Crippen molar-refractivity contribution in [2.24, 2.45) is 0 Å². The van der Waals surface area contributed by atoms with E-state index >= 15 is 0 Å². The lowest BCUT2D eigenvalue weighted by Gasteiger charge is -2.29. The van der Waals surface area contributed by atoms with Gasteiger partial charge in [-0.1, -0.05) is 24.3 Å². The molecule has 0 amide bonds. The number of carboxylic acids is 1. The number of fused-ring (bicyclic) bond motifs is 1. The summed E-state index contributed by atoms with van der Waals surface area (Å²) >= 11 is 0. The summed E-state index contributed by atoms with van der Waals surface area (Å²) in [6.07, 6.45) is 0. The zero-order valence-electron chi connectivity index (χ0n) is 17.6. The Kier molecular flexibility index (Phi) is 5.74. The van der Waals surface area contributed by atoms with Crippen LogP contribution >= 0.6 is 0 Å². The van der Waals surface area contributed by atoms with Gasteiger partial charge in [0.25, 0.3) is 0 Å². The standard InChI is InChI=1S/C24H24N4O3/c1-15-7-8-18(16(2)26-20-6-4-3-5-19(20)24(29)30)23-22(15)17(14-25)13-21(27-23)28-9-11-31-12-10-28/h3-8,13,16,26H,9-12H2,1-2H3,(H,29,30)/t16-/m1/s1. The molecule has 0 saturated carbocycles. The molecule has 0 radical (unpaired) electrons. The summed E-state index contributed by atoms with van der Waals surface area (Å²) in [6, 6.07) is 14.8. The van der Waals surface area contributed by atoms with E-state index in [4.69, 9.17) is 9.72 Å². The highest BCUT2D eigenvalue weighted by atomic mass is 16.5. The molecule has 4 rings (SSSR count). The first-order valence-corrected chi connectivity index (χ1v) is 10.3. The predicted octanol–water partition coefficient (Wildman–Crippen LogP) is 4.12. The Morgan fingerprint density at radius 1 is 1.26 bits per heavy atom. The monoisotopic (exact) mass is 416 g/mol. The van der Waals surface area contributed by atoms with Crippen LogP contribution in [0.25, 0.3) is 10.9 Å². The third kappa shape index (κ3) is 4.03. The van der Waals surface area contributed by atoms with Crippen molar-refractivity contribution in [3.63, 3.8) is 0 Å². The van der Waals surface area contributed by atoms with Gasteiger partial charge >= 0.3 is 5.97 Å². The quantitative estimate of drug-likeness (QED) is 0.645. The van der Waals surface area contributed by atoms with Crippen LogP contribution in [0.4, 0.5) is 11.5 Å². The van der Waals surface area contributed by atoms with Gasteiger partial charge in [-0.2, -0.15) is 5.26 Å². The van der Waals surface area contributed by atoms with Crippen molar-refractivity contribution in [1.82, 2.24) is 4.98 Å². The number of rotatable bonds is 5. The number of morpholine rings is 1. The number of benzene rings is 2. The average Bonchev–Trinajstić information content (AvgIpc) is 2.79. The predicted molar refractivity (Wildman–Crippen MR) is 120 cm³/mol. The van der Waals surface area contributed by atoms with E-state index in [2.05, 4.69) is 16.3 Å². The normalized spacial score (nSPS) is 14.8. The number of para-hydroxylation sites is 1. The first kappa shape index (κ1) is 20.6. The molecule has 1 aliphatic heterocycles. The smallest absolute Gasteiger partial charge is 0.337 e. The van der Waals surface area contributed by atoms with Crippen molar-refractivity contribution in [3.05, 3.63) is 64.7 Å². The lowest BCUT2D eigenvalue weighted by molar-refractivity contribution is 0.0698. The molecule has 1 atom stereocenters. The van der Waals surface area contributed by atoms with Crippen molar-refractivity contribution < 1.29 is 14.6 Å². The van der Waals surface area contributed by atoms with Crippen LogP contribution in [0.2, 0.25) is 0 Å². The lowest BCUT2D eigenvalue weighted by atomic mass is 9.97. The third-order valence-corrected chi connectivity index (χ3v) is 5.64. The van der Waals surface area contributed by atoms with Crippen LogP contribution in [0, 0.1) is 18.3 Å². The van der Waals surface area contributed by atoms with Crippen molar-refractivity contribution in [3.8, 4) is 6.07 Å². The molecule has 0 unspecified atom stereocenters. The molecule has 0 aliphatic carbocycles. The fourth-order valence-corrected chi connectivity index (χ4v) is 4.02. The van der Waals surface area contributed by atoms with Gasteiger partial charge in [-0.3, -0.25) is 0 Å². The number of aromatic carboxylic acids is 1. The van der Waals surface area contributed by atoms with E-state index in [0.29, 0.717) is 24.5 Å². The highest BCUT2D eigenvalue weighted by Crippen LogP contribution is 2.33. The molecule has 3 aromatic rings. The number of carbonyl (C=O) groups is 1. The molecular weight excluding hydrogens is 392 g/mol. The summed E-state index contributed by atoms with van der Waals surface area (Å²) in [7, 11) is 0. The molecule has 0 spiro atoms. The number of ether oxygens (including phenoxy) is 1. The number of anilines is 2. The number of carboxylic acid groups (broad SMARTS) is 1. The van der Waals surface area contributed by atoms with Crippen LogP contribution in [0.15, 0.2) is 42.5 Å². The molecule has 2 N–H and O–H groups in total. The second-order valence-corrected chi connectivity index (χ2v) is 7.65. The van der Waals surface area contributed by atoms with Crippen LogP contribution in [0.3, 0.4) is 0 Å². The highest BCUT2D eigenvalue weighted by Gasteiger charge is 2.20. The molecule has 7 nitrogen and oxygen atoms in total. The first-order valence-electron chi connectivity index (χ1n) is 10.3. The zero-order chi connectivity index (χ0) is 22.0. The van der Waals surface area contributed by atoms with Crippen LogP contribution < -0.4 is 10.2 Å². The van der Waals surface area contributed by atoms with Crippen molar-refractivity contribution >= 4 is 28.4 Å². The topological polar surface area (TPSA) is 98.5 Å². The number of nitriles is 1. The van der Waals surface area contributed by atoms with Crippen LogP contribution in [-0.2, 0) is 4.74 Å². The Balaban J connectivity index is 1.81. The number of aryl methyl sites for hydroxylation is 1. The Morgan fingerprint density at radius 2 is 2.00 bits per heavy atom. The van der Waals surface area contributed by atoms with E-state index in [0.717, 1.165) is 40.9 Å². The molecule has 158 valence electrons. The maximum atomic E-state index is 11.6. The zero-order valence-corrected chi connectivity index (χ0v) is 17.6. The maximum Gasteiger partial charge on any atom is 0.337 e. The summed E-state index contributed by atoms with van der Waals surface area (Å²) in [4.78, 5) is 18.7. The minimum atomic E-state index is -0.983. The molecule has 1 saturated heterocycles. The van der Waals surface area contributed by atoms with Crippen LogP contribution in [-0.4, -0.2) is 42.4 Å². The van der Waals surface area contributed by atoms with E-state index < -0.39 is 5.97 Å². The second kappa shape index (κ2) is 8.62. The number of hydrogen-bond donors (Lipinski definition) is 2. The lowest BCUT2D eigenvalue weighted by Crippen LogP contribution is -2.36. The van der Waals surface area contributed by atoms with Crippen LogP contribution in [0.1, 0.15) is 40.0 Å². The number of nitrogens with one attached hydrogen (secondary N) is 1. The number of pyridine rings is 1. The number of hydrogen-bond acceptors (Lipinski definition) is 6. The fraction of sp³-hybridized carbons (Fsp3) is 0.292. The molecule has 31 heavy (non-hydrogen) atoms. The summed E-state index contributed by atoms with van der Waals surface area (Å²) in [5.41, 5.74) is 3.99. The van der Waals surface area contributed by atoms with Gasteiger partial charge in [0, 0.05) is 29.7 Å². The largest absolute Gasteiger partial charge is 0.478 e. The van der Waals surface area contributed by atoms with Crippen molar-refractivity contribution in [1.29, 1.82) is 5.26 Å². The average molecular weight is 416 g/mol. The van der Waals surface area contributed by atoms with Gasteiger partial charge < -0.3 is 20.1 Å². The summed E-state index contributed by atoms with van der Waals surface area (Å²) in [5, 5.41) is 23.5. The minimum Gasteiger partial charge on any atom is -0.478 e. The van der Waals surface area contributed by atoms with Gasteiger partial charge in [0.15, 0.2) is 0 Å². The van der Waals surface area contributed by atoms with E-state index in [-0.39, 0.29) is 11.6 Å². The van der Waals surface area contributed by atoms with Crippen LogP contribution in [0.5, 0.6) is 0 Å². The Labute approximate surface area is 180 Å². The molecule has 1 aromatic heterocycles. The van der Waals surface area contributed by atoms with Gasteiger partial charge in [-0.05, 0) is 37.6 Å². The highest BCUT2D eigenvalue weighted by molar-refractivity contribution is 5.95. The third-order valence-electron chi connectivity index (χ3n) is 5.64. The van der Waals surface area contributed by atoms with Crippen molar-refractivity contribution in [2.45, 2.75) is 19.9 Å². The molecule has 1 aliphatic rings. The van der Waals surface area contributed by atoms with E-state index in [1.807, 2.05) is 32.0 Å². The summed E-state index contributed by atoms with van der Waals surface area (Å²) in [6.45, 7) is 6.66. The summed E-state index contributed by atoms with van der Waals surface area (Å²) in [5.74, 6) is -0.221. The van der Waals surface area contributed by atoms with Crippen molar-refractivity contribution in [2.75, 3.05) is 36.5 Å². The van der Waals surface area contributed by atoms with E-state index in [1.54, 1.807) is 24.3 Å². The van der Waals surface area contributed by atoms with Gasteiger partial charge in [-0.25, -0.2) is 9.78 Å². The van der Waals surface area contributed by atoms with Gasteiger partial charge in [0.05, 0.1) is 42.0 Å². The molecule has 0 bridgehead atoms. The molecule has 2 heterocycles. The second-order valence-electron chi connectivity index (χ2n) is 7.65. The number of nitrogens with zero attached hydrogens (tertiary/aromatic N) is 3. The molecule has 1 fully saturated rings. The fourth-order valence-electron chi connectivity index (χ4n) is 4.02. The van der Waals surface area contributed by atoms with Gasteiger partial charge in [0.2, 0.25) is 0 Å². The summed E-state index contributed by atoms with van der Waals surface area (Å²) < 4.78 is 5.45. The molecule has 2 aromatic carbocycles.